The van der Waals surface area contributed by atoms with Crippen molar-refractivity contribution >= 4 is 16.8 Å². The maximum atomic E-state index is 12.1. The molecule has 3 rings (SSSR count). The van der Waals surface area contributed by atoms with Gasteiger partial charge in [-0.3, -0.25) is 4.79 Å². The summed E-state index contributed by atoms with van der Waals surface area (Å²) in [4.78, 5) is 15.3. The van der Waals surface area contributed by atoms with E-state index in [2.05, 4.69) is 10.3 Å². The van der Waals surface area contributed by atoms with Crippen molar-refractivity contribution in [3.05, 3.63) is 36.0 Å². The molecule has 1 aliphatic carbocycles. The van der Waals surface area contributed by atoms with Crippen LogP contribution in [0.4, 0.5) is 0 Å². The fraction of sp³-hybridized carbons (Fsp3) is 0.357. The van der Waals surface area contributed by atoms with Crippen LogP contribution in [0.5, 0.6) is 0 Å². The zero-order valence-electron chi connectivity index (χ0n) is 10.3. The van der Waals surface area contributed by atoms with Crippen LogP contribution in [0.2, 0.25) is 0 Å². The third-order valence-electron chi connectivity index (χ3n) is 3.60. The maximum Gasteiger partial charge on any atom is 0.253 e. The molecule has 0 atom stereocenters. The molecule has 0 bridgehead atoms. The van der Waals surface area contributed by atoms with Gasteiger partial charge in [-0.2, -0.15) is 0 Å². The van der Waals surface area contributed by atoms with Gasteiger partial charge in [0.1, 0.15) is 0 Å². The van der Waals surface area contributed by atoms with Crippen molar-refractivity contribution < 1.29 is 9.53 Å². The summed E-state index contributed by atoms with van der Waals surface area (Å²) in [5, 5.41) is 4.01. The zero-order chi connectivity index (χ0) is 12.5. The first-order valence-electron chi connectivity index (χ1n) is 6.17. The number of methoxy groups -OCH3 is 1. The fourth-order valence-corrected chi connectivity index (χ4v) is 2.40. The highest BCUT2D eigenvalue weighted by molar-refractivity contribution is 6.06. The van der Waals surface area contributed by atoms with Crippen molar-refractivity contribution in [3.8, 4) is 0 Å². The minimum Gasteiger partial charge on any atom is -0.381 e. The van der Waals surface area contributed by atoms with Gasteiger partial charge in [-0.05, 0) is 18.9 Å². The second-order valence-electron chi connectivity index (χ2n) is 4.75. The van der Waals surface area contributed by atoms with Crippen LogP contribution in [-0.2, 0) is 4.74 Å². The molecule has 0 spiro atoms. The van der Waals surface area contributed by atoms with Crippen molar-refractivity contribution in [1.82, 2.24) is 10.3 Å². The third kappa shape index (κ3) is 1.88. The van der Waals surface area contributed by atoms with E-state index in [1.165, 1.54) is 0 Å². The predicted molar refractivity (Wildman–Crippen MR) is 69.6 cm³/mol. The van der Waals surface area contributed by atoms with Gasteiger partial charge in [-0.15, -0.1) is 0 Å². The van der Waals surface area contributed by atoms with E-state index in [4.69, 9.17) is 4.74 Å². The summed E-state index contributed by atoms with van der Waals surface area (Å²) in [6, 6.07) is 8.07. The molecule has 0 saturated heterocycles. The van der Waals surface area contributed by atoms with E-state index in [9.17, 15) is 4.79 Å². The Balaban J connectivity index is 1.73. The molecule has 94 valence electrons. The number of amides is 1. The molecule has 4 heteroatoms. The molecule has 2 N–H and O–H groups in total. The van der Waals surface area contributed by atoms with Crippen LogP contribution in [0.3, 0.4) is 0 Å². The Bertz CT molecular complexity index is 570. The lowest BCUT2D eigenvalue weighted by Gasteiger charge is -2.34. The summed E-state index contributed by atoms with van der Waals surface area (Å²) >= 11 is 0. The van der Waals surface area contributed by atoms with Gasteiger partial charge >= 0.3 is 0 Å². The number of hydrogen-bond donors (Lipinski definition) is 2. The van der Waals surface area contributed by atoms with Crippen LogP contribution in [0.1, 0.15) is 23.2 Å². The SMILES string of the molecule is COC1CC(NC(=O)c2c[nH]c3ccccc23)C1. The van der Waals surface area contributed by atoms with Gasteiger partial charge in [0.15, 0.2) is 0 Å². The van der Waals surface area contributed by atoms with E-state index in [0.717, 1.165) is 23.7 Å². The zero-order valence-corrected chi connectivity index (χ0v) is 10.3. The maximum absolute atomic E-state index is 12.1. The first-order chi connectivity index (χ1) is 8.78. The minimum absolute atomic E-state index is 0.00740. The summed E-state index contributed by atoms with van der Waals surface area (Å²) in [7, 11) is 1.71. The summed E-state index contributed by atoms with van der Waals surface area (Å²) in [6.45, 7) is 0. The standard InChI is InChI=1S/C14H16N2O2/c1-18-10-6-9(7-10)16-14(17)12-8-15-13-5-3-2-4-11(12)13/h2-5,8-10,15H,6-7H2,1H3,(H,16,17). The van der Waals surface area contributed by atoms with E-state index in [-0.39, 0.29) is 11.9 Å². The average Bonchev–Trinajstić information content (AvgIpc) is 2.76. The molecule has 1 aromatic heterocycles. The van der Waals surface area contributed by atoms with Crippen LogP contribution in [-0.4, -0.2) is 30.1 Å². The Kier molecular flexibility index (Phi) is 2.80. The molecule has 2 aromatic rings. The Morgan fingerprint density at radius 3 is 2.94 bits per heavy atom. The summed E-state index contributed by atoms with van der Waals surface area (Å²) in [5.74, 6) is -0.00740. The van der Waals surface area contributed by atoms with E-state index in [1.807, 2.05) is 24.3 Å². The van der Waals surface area contributed by atoms with Crippen LogP contribution >= 0.6 is 0 Å². The second kappa shape index (κ2) is 4.46. The molecular weight excluding hydrogens is 228 g/mol. The van der Waals surface area contributed by atoms with Crippen molar-refractivity contribution in [1.29, 1.82) is 0 Å². The highest BCUT2D eigenvalue weighted by Gasteiger charge is 2.30. The molecule has 1 aliphatic rings. The van der Waals surface area contributed by atoms with Crippen LogP contribution in [0.25, 0.3) is 10.9 Å². The minimum atomic E-state index is -0.00740. The Hall–Kier alpha value is -1.81. The number of benzene rings is 1. The lowest BCUT2D eigenvalue weighted by atomic mass is 9.89. The van der Waals surface area contributed by atoms with Gasteiger partial charge in [0, 0.05) is 30.3 Å². The van der Waals surface area contributed by atoms with Gasteiger partial charge in [0.2, 0.25) is 0 Å². The van der Waals surface area contributed by atoms with E-state index < -0.39 is 0 Å². The fourth-order valence-electron chi connectivity index (χ4n) is 2.40. The van der Waals surface area contributed by atoms with Crippen molar-refractivity contribution in [2.75, 3.05) is 7.11 Å². The molecule has 0 unspecified atom stereocenters. The monoisotopic (exact) mass is 244 g/mol. The number of aromatic amines is 1. The number of fused-ring (bicyclic) bond motifs is 1. The molecular formula is C14H16N2O2. The number of carbonyl (C=O) groups excluding carboxylic acids is 1. The molecule has 0 radical (unpaired) electrons. The molecule has 1 amide bonds. The highest BCUT2D eigenvalue weighted by Crippen LogP contribution is 2.24. The number of hydrogen-bond acceptors (Lipinski definition) is 2. The van der Waals surface area contributed by atoms with Crippen LogP contribution in [0.15, 0.2) is 30.5 Å². The van der Waals surface area contributed by atoms with Crippen molar-refractivity contribution in [2.45, 2.75) is 25.0 Å². The molecule has 1 saturated carbocycles. The number of H-pyrrole nitrogens is 1. The highest BCUT2D eigenvalue weighted by atomic mass is 16.5. The average molecular weight is 244 g/mol. The van der Waals surface area contributed by atoms with Crippen molar-refractivity contribution in [3.63, 3.8) is 0 Å². The number of aromatic nitrogens is 1. The number of para-hydroxylation sites is 1. The van der Waals surface area contributed by atoms with Gasteiger partial charge in [0.25, 0.3) is 5.91 Å². The molecule has 18 heavy (non-hydrogen) atoms. The van der Waals surface area contributed by atoms with Gasteiger partial charge in [-0.25, -0.2) is 0 Å². The smallest absolute Gasteiger partial charge is 0.253 e. The number of ether oxygens (including phenoxy) is 1. The van der Waals surface area contributed by atoms with E-state index in [1.54, 1.807) is 13.3 Å². The molecule has 1 fully saturated rings. The largest absolute Gasteiger partial charge is 0.381 e. The second-order valence-corrected chi connectivity index (χ2v) is 4.75. The summed E-state index contributed by atoms with van der Waals surface area (Å²) < 4.78 is 5.20. The molecule has 0 aliphatic heterocycles. The normalized spacial score (nSPS) is 22.7. The van der Waals surface area contributed by atoms with Gasteiger partial charge < -0.3 is 15.0 Å². The van der Waals surface area contributed by atoms with E-state index >= 15 is 0 Å². The lowest BCUT2D eigenvalue weighted by molar-refractivity contribution is 0.0176. The van der Waals surface area contributed by atoms with Crippen LogP contribution in [0, 0.1) is 0 Å². The third-order valence-corrected chi connectivity index (χ3v) is 3.60. The van der Waals surface area contributed by atoms with Crippen molar-refractivity contribution in [2.24, 2.45) is 0 Å². The number of rotatable bonds is 3. The summed E-state index contributed by atoms with van der Waals surface area (Å²) in [6.07, 6.45) is 3.89. The Morgan fingerprint density at radius 1 is 1.39 bits per heavy atom. The molecule has 1 heterocycles. The Labute approximate surface area is 105 Å². The first-order valence-corrected chi connectivity index (χ1v) is 6.17. The van der Waals surface area contributed by atoms with Crippen LogP contribution < -0.4 is 5.32 Å². The molecule has 4 nitrogen and oxygen atoms in total. The summed E-state index contributed by atoms with van der Waals surface area (Å²) in [5.41, 5.74) is 1.71. The number of carbonyl (C=O) groups is 1. The predicted octanol–water partition coefficient (Wildman–Crippen LogP) is 2.08. The van der Waals surface area contributed by atoms with E-state index in [0.29, 0.717) is 11.7 Å². The topological polar surface area (TPSA) is 54.1 Å². The first kappa shape index (κ1) is 11.3. The molecule has 1 aromatic carbocycles. The van der Waals surface area contributed by atoms with Gasteiger partial charge in [-0.1, -0.05) is 18.2 Å². The quantitative estimate of drug-likeness (QED) is 0.868. The van der Waals surface area contributed by atoms with Gasteiger partial charge in [0.05, 0.1) is 11.7 Å². The Morgan fingerprint density at radius 2 is 2.17 bits per heavy atom. The number of nitrogens with one attached hydrogen (secondary N) is 2. The lowest BCUT2D eigenvalue weighted by Crippen LogP contribution is -2.47.